The van der Waals surface area contributed by atoms with E-state index in [9.17, 15) is 4.79 Å². The van der Waals surface area contributed by atoms with E-state index in [1.807, 2.05) is 0 Å². The summed E-state index contributed by atoms with van der Waals surface area (Å²) in [5, 5.41) is 10.5. The molecule has 1 aliphatic carbocycles. The van der Waals surface area contributed by atoms with Gasteiger partial charge in [0.05, 0.1) is 25.3 Å². The van der Waals surface area contributed by atoms with Crippen molar-refractivity contribution in [1.29, 1.82) is 0 Å². The van der Waals surface area contributed by atoms with Gasteiger partial charge < -0.3 is 19.9 Å². The van der Waals surface area contributed by atoms with Crippen molar-refractivity contribution in [3.8, 4) is 0 Å². The van der Waals surface area contributed by atoms with Crippen molar-refractivity contribution >= 4 is 5.91 Å². The number of aryl methyl sites for hydroxylation is 1. The number of amides is 1. The van der Waals surface area contributed by atoms with E-state index in [0.717, 1.165) is 39.0 Å². The molecule has 3 atom stereocenters. The zero-order valence-corrected chi connectivity index (χ0v) is 18.0. The van der Waals surface area contributed by atoms with Crippen molar-refractivity contribution < 1.29 is 14.1 Å². The second-order valence-electron chi connectivity index (χ2n) is 9.20. The number of nitrogens with zero attached hydrogens (tertiary/aromatic N) is 3. The fourth-order valence-corrected chi connectivity index (χ4v) is 5.02. The number of ether oxygens (including phenoxy) is 1. The fourth-order valence-electron chi connectivity index (χ4n) is 5.02. The van der Waals surface area contributed by atoms with E-state index in [4.69, 9.17) is 9.26 Å². The first-order chi connectivity index (χ1) is 15.1. The molecule has 2 saturated heterocycles. The molecular weight excluding hydrogens is 394 g/mol. The summed E-state index contributed by atoms with van der Waals surface area (Å²) >= 11 is 0. The molecule has 3 unspecified atom stereocenters. The van der Waals surface area contributed by atoms with Crippen LogP contribution in [0, 0.1) is 6.92 Å². The molecule has 3 fully saturated rings. The standard InChI is InChI=1S/C23H31N5O3/c1-16-25-21(27-31-16)13-24-22(29)14-28-9-7-23(8-10-28)12-18(15-30-23)26-20-11-19(20)17-5-3-2-4-6-17/h2-6,18-20,26H,7-15H2,1H3,(H,24,29). The first-order valence-corrected chi connectivity index (χ1v) is 11.3. The Hall–Kier alpha value is -2.29. The molecule has 31 heavy (non-hydrogen) atoms. The van der Waals surface area contributed by atoms with Gasteiger partial charge >= 0.3 is 0 Å². The van der Waals surface area contributed by atoms with E-state index >= 15 is 0 Å². The molecule has 2 aliphatic heterocycles. The summed E-state index contributed by atoms with van der Waals surface area (Å²) in [6.45, 7) is 5.00. The minimum atomic E-state index is -0.0239. The summed E-state index contributed by atoms with van der Waals surface area (Å²) in [6, 6.07) is 11.8. The van der Waals surface area contributed by atoms with Crippen LogP contribution in [0.5, 0.6) is 0 Å². The third kappa shape index (κ3) is 4.97. The van der Waals surface area contributed by atoms with Gasteiger partial charge in [-0.05, 0) is 31.2 Å². The highest BCUT2D eigenvalue weighted by Gasteiger charge is 2.46. The van der Waals surface area contributed by atoms with Gasteiger partial charge in [-0.3, -0.25) is 9.69 Å². The van der Waals surface area contributed by atoms with Gasteiger partial charge in [0, 0.05) is 38.0 Å². The summed E-state index contributed by atoms with van der Waals surface area (Å²) in [4.78, 5) is 18.6. The average Bonchev–Trinajstić information content (AvgIpc) is 3.24. The van der Waals surface area contributed by atoms with Gasteiger partial charge in [0.2, 0.25) is 11.8 Å². The third-order valence-electron chi connectivity index (χ3n) is 6.82. The number of likely N-dealkylation sites (tertiary alicyclic amines) is 1. The maximum Gasteiger partial charge on any atom is 0.234 e. The normalized spacial score (nSPS) is 27.5. The van der Waals surface area contributed by atoms with Gasteiger partial charge in [-0.25, -0.2) is 0 Å². The molecule has 8 nitrogen and oxygen atoms in total. The van der Waals surface area contributed by atoms with Crippen molar-refractivity contribution in [3.05, 3.63) is 47.6 Å². The molecule has 2 aromatic rings. The minimum absolute atomic E-state index is 0.00836. The van der Waals surface area contributed by atoms with Gasteiger partial charge in [-0.2, -0.15) is 4.98 Å². The number of piperidine rings is 1. The van der Waals surface area contributed by atoms with Crippen LogP contribution in [-0.2, 0) is 16.1 Å². The number of nitrogens with one attached hydrogen (secondary N) is 2. The smallest absolute Gasteiger partial charge is 0.234 e. The number of aromatic nitrogens is 2. The lowest BCUT2D eigenvalue weighted by atomic mass is 9.87. The van der Waals surface area contributed by atoms with Gasteiger partial charge in [0.1, 0.15) is 0 Å². The Labute approximate surface area is 182 Å². The number of benzene rings is 1. The summed E-state index contributed by atoms with van der Waals surface area (Å²) in [6.07, 6.45) is 4.26. The van der Waals surface area contributed by atoms with Gasteiger partial charge in [-0.1, -0.05) is 35.5 Å². The lowest BCUT2D eigenvalue weighted by molar-refractivity contribution is -0.123. The highest BCUT2D eigenvalue weighted by molar-refractivity contribution is 5.77. The molecular formula is C23H31N5O3. The quantitative estimate of drug-likeness (QED) is 0.698. The SMILES string of the molecule is Cc1nc(CNC(=O)CN2CCC3(CC2)CC(NC2CC2c2ccccc2)CO3)no1. The molecule has 3 heterocycles. The molecule has 1 spiro atoms. The number of hydrogen-bond donors (Lipinski definition) is 2. The molecule has 0 bridgehead atoms. The second-order valence-corrected chi connectivity index (χ2v) is 9.20. The van der Waals surface area contributed by atoms with Crippen LogP contribution in [0.15, 0.2) is 34.9 Å². The Morgan fingerprint density at radius 1 is 1.26 bits per heavy atom. The van der Waals surface area contributed by atoms with Gasteiger partial charge in [-0.15, -0.1) is 0 Å². The van der Waals surface area contributed by atoms with Gasteiger partial charge in [0.15, 0.2) is 5.82 Å². The maximum absolute atomic E-state index is 12.3. The highest BCUT2D eigenvalue weighted by atomic mass is 16.5. The number of carbonyl (C=O) groups excluding carboxylic acids is 1. The maximum atomic E-state index is 12.3. The first-order valence-electron chi connectivity index (χ1n) is 11.3. The van der Waals surface area contributed by atoms with E-state index in [1.165, 1.54) is 12.0 Å². The lowest BCUT2D eigenvalue weighted by Gasteiger charge is -2.38. The number of carbonyl (C=O) groups is 1. The Morgan fingerprint density at radius 3 is 2.81 bits per heavy atom. The van der Waals surface area contributed by atoms with E-state index in [1.54, 1.807) is 6.92 Å². The Bertz CT molecular complexity index is 894. The predicted molar refractivity (Wildman–Crippen MR) is 114 cm³/mol. The van der Waals surface area contributed by atoms with E-state index < -0.39 is 0 Å². The van der Waals surface area contributed by atoms with Crippen LogP contribution < -0.4 is 10.6 Å². The molecule has 8 heteroatoms. The van der Waals surface area contributed by atoms with Crippen LogP contribution in [0.3, 0.4) is 0 Å². The Morgan fingerprint density at radius 2 is 2.06 bits per heavy atom. The van der Waals surface area contributed by atoms with Crippen molar-refractivity contribution in [2.24, 2.45) is 0 Å². The minimum Gasteiger partial charge on any atom is -0.373 e. The predicted octanol–water partition coefficient (Wildman–Crippen LogP) is 1.76. The average molecular weight is 426 g/mol. The van der Waals surface area contributed by atoms with Crippen molar-refractivity contribution in [3.63, 3.8) is 0 Å². The lowest BCUT2D eigenvalue weighted by Crippen LogP contribution is -2.47. The summed E-state index contributed by atoms with van der Waals surface area (Å²) in [5.41, 5.74) is 1.42. The molecule has 166 valence electrons. The van der Waals surface area contributed by atoms with Crippen molar-refractivity contribution in [1.82, 2.24) is 25.7 Å². The second kappa shape index (κ2) is 8.68. The molecule has 0 radical (unpaired) electrons. The summed E-state index contributed by atoms with van der Waals surface area (Å²) in [7, 11) is 0. The van der Waals surface area contributed by atoms with Gasteiger partial charge in [0.25, 0.3) is 0 Å². The van der Waals surface area contributed by atoms with E-state index in [0.29, 0.717) is 42.8 Å². The van der Waals surface area contributed by atoms with Crippen LogP contribution in [0.4, 0.5) is 0 Å². The Balaban J connectivity index is 1.03. The fraction of sp³-hybridized carbons (Fsp3) is 0.609. The zero-order chi connectivity index (χ0) is 21.3. The molecule has 1 saturated carbocycles. The molecule has 2 N–H and O–H groups in total. The zero-order valence-electron chi connectivity index (χ0n) is 18.0. The van der Waals surface area contributed by atoms with E-state index in [2.05, 4.69) is 56.0 Å². The molecule has 3 aliphatic rings. The topological polar surface area (TPSA) is 92.5 Å². The van der Waals surface area contributed by atoms with Crippen molar-refractivity contribution in [2.75, 3.05) is 26.2 Å². The monoisotopic (exact) mass is 425 g/mol. The number of hydrogen-bond acceptors (Lipinski definition) is 7. The van der Waals surface area contributed by atoms with Crippen LogP contribution >= 0.6 is 0 Å². The van der Waals surface area contributed by atoms with Crippen LogP contribution in [-0.4, -0.2) is 64.9 Å². The van der Waals surface area contributed by atoms with Crippen LogP contribution in [0.25, 0.3) is 0 Å². The van der Waals surface area contributed by atoms with Crippen LogP contribution in [0.1, 0.15) is 48.9 Å². The largest absolute Gasteiger partial charge is 0.373 e. The highest BCUT2D eigenvalue weighted by Crippen LogP contribution is 2.43. The van der Waals surface area contributed by atoms with Crippen molar-refractivity contribution in [2.45, 2.75) is 62.8 Å². The summed E-state index contributed by atoms with van der Waals surface area (Å²) < 4.78 is 11.2. The molecule has 1 amide bonds. The Kier molecular flexibility index (Phi) is 5.77. The number of rotatable bonds is 7. The first kappa shape index (κ1) is 20.6. The summed E-state index contributed by atoms with van der Waals surface area (Å²) in [5.74, 6) is 1.65. The molecule has 1 aromatic heterocycles. The van der Waals surface area contributed by atoms with E-state index in [-0.39, 0.29) is 11.5 Å². The third-order valence-corrected chi connectivity index (χ3v) is 6.82. The molecule has 1 aromatic carbocycles. The molecule has 5 rings (SSSR count). The van der Waals surface area contributed by atoms with Crippen LogP contribution in [0.2, 0.25) is 0 Å².